The van der Waals surface area contributed by atoms with Crippen molar-refractivity contribution in [2.24, 2.45) is 5.92 Å². The summed E-state index contributed by atoms with van der Waals surface area (Å²) in [6, 6.07) is 5.41. The number of aliphatic hydroxyl groups excluding tert-OH is 1. The third-order valence-electron chi connectivity index (χ3n) is 3.62. The second-order valence-electron chi connectivity index (χ2n) is 5.01. The first-order valence-corrected chi connectivity index (χ1v) is 6.56. The normalized spacial score (nSPS) is 24.1. The van der Waals surface area contributed by atoms with Crippen LogP contribution in [0.1, 0.15) is 24.5 Å². The maximum Gasteiger partial charge on any atom is 0.262 e. The van der Waals surface area contributed by atoms with Crippen LogP contribution in [0.3, 0.4) is 0 Å². The maximum atomic E-state index is 11.3. The van der Waals surface area contributed by atoms with Crippen LogP contribution < -0.4 is 10.1 Å². The monoisotopic (exact) mass is 263 g/mol. The summed E-state index contributed by atoms with van der Waals surface area (Å²) in [6.45, 7) is 1.41. The van der Waals surface area contributed by atoms with E-state index in [1.54, 1.807) is 12.1 Å². The average Bonchev–Trinajstić information content (AvgIpc) is 2.46. The minimum absolute atomic E-state index is 0.0470. The van der Waals surface area contributed by atoms with Gasteiger partial charge in [0.25, 0.3) is 5.91 Å². The lowest BCUT2D eigenvalue weighted by Gasteiger charge is -2.28. The maximum absolute atomic E-state index is 11.3. The molecule has 1 aromatic rings. The fourth-order valence-corrected chi connectivity index (χ4v) is 2.57. The number of carbonyl (C=O) groups is 1. The Bertz CT molecular complexity index is 482. The molecule has 0 saturated carbocycles. The van der Waals surface area contributed by atoms with Crippen molar-refractivity contribution in [2.45, 2.75) is 18.9 Å². The Hall–Kier alpha value is -1.59. The zero-order valence-corrected chi connectivity index (χ0v) is 10.6. The van der Waals surface area contributed by atoms with Crippen LogP contribution in [0.25, 0.3) is 0 Å². The number of aliphatic hydroxyl groups is 1. The van der Waals surface area contributed by atoms with E-state index in [1.807, 2.05) is 6.07 Å². The molecule has 0 bridgehead atoms. The van der Waals surface area contributed by atoms with Gasteiger partial charge in [0.05, 0.1) is 18.4 Å². The highest BCUT2D eigenvalue weighted by Gasteiger charge is 2.25. The van der Waals surface area contributed by atoms with Gasteiger partial charge in [-0.05, 0) is 30.5 Å². The van der Waals surface area contributed by atoms with Crippen LogP contribution in [-0.4, -0.2) is 30.8 Å². The first kappa shape index (κ1) is 12.4. The number of benzene rings is 1. The lowest BCUT2D eigenvalue weighted by atomic mass is 9.91. The topological polar surface area (TPSA) is 67.8 Å². The smallest absolute Gasteiger partial charge is 0.262 e. The molecule has 2 atom stereocenters. The summed E-state index contributed by atoms with van der Waals surface area (Å²) in [6.07, 6.45) is 1.37. The van der Waals surface area contributed by atoms with Gasteiger partial charge in [-0.3, -0.25) is 4.79 Å². The van der Waals surface area contributed by atoms with E-state index in [4.69, 9.17) is 9.47 Å². The van der Waals surface area contributed by atoms with Crippen LogP contribution in [0.4, 0.5) is 5.69 Å². The summed E-state index contributed by atoms with van der Waals surface area (Å²) in [5.41, 5.74) is 1.42. The highest BCUT2D eigenvalue weighted by molar-refractivity contribution is 5.95. The summed E-state index contributed by atoms with van der Waals surface area (Å²) >= 11 is 0. The van der Waals surface area contributed by atoms with Crippen molar-refractivity contribution >= 4 is 11.6 Å². The van der Waals surface area contributed by atoms with Crippen LogP contribution in [0.5, 0.6) is 5.75 Å². The molecule has 19 heavy (non-hydrogen) atoms. The van der Waals surface area contributed by atoms with Crippen LogP contribution >= 0.6 is 0 Å². The fraction of sp³-hybridized carbons (Fsp3) is 0.500. The summed E-state index contributed by atoms with van der Waals surface area (Å²) in [5, 5.41) is 13.1. The Labute approximate surface area is 111 Å². The Kier molecular flexibility index (Phi) is 3.40. The van der Waals surface area contributed by atoms with E-state index in [0.717, 1.165) is 25.0 Å². The second kappa shape index (κ2) is 5.19. The van der Waals surface area contributed by atoms with Gasteiger partial charge in [-0.25, -0.2) is 0 Å². The fourth-order valence-electron chi connectivity index (χ4n) is 2.57. The van der Waals surface area contributed by atoms with E-state index >= 15 is 0 Å². The molecule has 5 heteroatoms. The van der Waals surface area contributed by atoms with Crippen LogP contribution in [0.15, 0.2) is 18.2 Å². The Morgan fingerprint density at radius 3 is 3.11 bits per heavy atom. The number of anilines is 1. The number of amides is 1. The van der Waals surface area contributed by atoms with Crippen LogP contribution in [0, 0.1) is 5.92 Å². The molecular weight excluding hydrogens is 246 g/mol. The van der Waals surface area contributed by atoms with Gasteiger partial charge in [0.15, 0.2) is 6.61 Å². The molecule has 2 aliphatic heterocycles. The quantitative estimate of drug-likeness (QED) is 0.848. The summed E-state index contributed by atoms with van der Waals surface area (Å²) < 4.78 is 10.7. The first-order valence-electron chi connectivity index (χ1n) is 6.56. The summed E-state index contributed by atoms with van der Waals surface area (Å²) in [4.78, 5) is 11.3. The van der Waals surface area contributed by atoms with E-state index in [2.05, 4.69) is 5.32 Å². The molecule has 2 unspecified atom stereocenters. The molecular formula is C14H17NO4. The number of hydrogen-bond acceptors (Lipinski definition) is 4. The number of nitrogens with one attached hydrogen (secondary N) is 1. The molecule has 2 N–H and O–H groups in total. The predicted molar refractivity (Wildman–Crippen MR) is 69.1 cm³/mol. The lowest BCUT2D eigenvalue weighted by molar-refractivity contribution is -0.118. The number of rotatable bonds is 2. The van der Waals surface area contributed by atoms with Gasteiger partial charge in [0.1, 0.15) is 5.75 Å². The van der Waals surface area contributed by atoms with Crippen LogP contribution in [0.2, 0.25) is 0 Å². The molecule has 2 heterocycles. The standard InChI is InChI=1S/C14H17NO4/c16-13-8-19-12-4-3-9(6-11(12)15-13)14(17)10-2-1-5-18-7-10/h3-4,6,10,14,17H,1-2,5,7-8H2,(H,15,16). The van der Waals surface area contributed by atoms with Gasteiger partial charge in [-0.1, -0.05) is 6.07 Å². The van der Waals surface area contributed by atoms with E-state index < -0.39 is 6.10 Å². The van der Waals surface area contributed by atoms with Crippen molar-refractivity contribution in [3.05, 3.63) is 23.8 Å². The number of ether oxygens (including phenoxy) is 2. The first-order chi connectivity index (χ1) is 9.24. The molecule has 0 spiro atoms. The average molecular weight is 263 g/mol. The SMILES string of the molecule is O=C1COc2ccc(C(O)C3CCCOC3)cc2N1. The molecule has 1 amide bonds. The van der Waals surface area contributed by atoms with Crippen LogP contribution in [-0.2, 0) is 9.53 Å². The van der Waals surface area contributed by atoms with E-state index in [9.17, 15) is 9.90 Å². The molecule has 102 valence electrons. The highest BCUT2D eigenvalue weighted by Crippen LogP contribution is 2.34. The van der Waals surface area contributed by atoms with Gasteiger partial charge in [0.2, 0.25) is 0 Å². The zero-order chi connectivity index (χ0) is 13.2. The molecule has 5 nitrogen and oxygen atoms in total. The summed E-state index contributed by atoms with van der Waals surface area (Å²) in [7, 11) is 0. The lowest BCUT2D eigenvalue weighted by Crippen LogP contribution is -2.26. The molecule has 1 aromatic carbocycles. The summed E-state index contributed by atoms with van der Waals surface area (Å²) in [5.74, 6) is 0.600. The third-order valence-corrected chi connectivity index (χ3v) is 3.62. The number of carbonyl (C=O) groups excluding carboxylic acids is 1. The molecule has 1 saturated heterocycles. The van der Waals surface area contributed by atoms with Crippen molar-refractivity contribution in [1.82, 2.24) is 0 Å². The van der Waals surface area contributed by atoms with Crippen molar-refractivity contribution in [2.75, 3.05) is 25.1 Å². The van der Waals surface area contributed by atoms with Gasteiger partial charge in [-0.2, -0.15) is 0 Å². The molecule has 0 aliphatic carbocycles. The van der Waals surface area contributed by atoms with Crippen molar-refractivity contribution < 1.29 is 19.4 Å². The number of fused-ring (bicyclic) bond motifs is 1. The van der Waals surface area contributed by atoms with E-state index in [-0.39, 0.29) is 18.4 Å². The molecule has 0 aromatic heterocycles. The minimum Gasteiger partial charge on any atom is -0.482 e. The minimum atomic E-state index is -0.565. The van der Waals surface area contributed by atoms with Gasteiger partial charge >= 0.3 is 0 Å². The highest BCUT2D eigenvalue weighted by atomic mass is 16.5. The van der Waals surface area contributed by atoms with Gasteiger partial charge in [-0.15, -0.1) is 0 Å². The van der Waals surface area contributed by atoms with E-state index in [1.165, 1.54) is 0 Å². The Balaban J connectivity index is 1.80. The molecule has 2 aliphatic rings. The Morgan fingerprint density at radius 2 is 2.32 bits per heavy atom. The number of hydrogen-bond donors (Lipinski definition) is 2. The van der Waals surface area contributed by atoms with E-state index in [0.29, 0.717) is 18.0 Å². The van der Waals surface area contributed by atoms with Gasteiger partial charge in [0, 0.05) is 12.5 Å². The molecule has 3 rings (SSSR count). The molecule has 0 radical (unpaired) electrons. The Morgan fingerprint density at radius 1 is 1.42 bits per heavy atom. The van der Waals surface area contributed by atoms with Crippen molar-refractivity contribution in [3.8, 4) is 5.75 Å². The second-order valence-corrected chi connectivity index (χ2v) is 5.01. The largest absolute Gasteiger partial charge is 0.482 e. The molecule has 1 fully saturated rings. The third kappa shape index (κ3) is 2.57. The van der Waals surface area contributed by atoms with Crippen molar-refractivity contribution in [1.29, 1.82) is 0 Å². The predicted octanol–water partition coefficient (Wildman–Crippen LogP) is 1.48. The zero-order valence-electron chi connectivity index (χ0n) is 10.6. The van der Waals surface area contributed by atoms with Gasteiger partial charge < -0.3 is 19.9 Å². The van der Waals surface area contributed by atoms with Crippen molar-refractivity contribution in [3.63, 3.8) is 0 Å².